The predicted molar refractivity (Wildman–Crippen MR) is 73.8 cm³/mol. The minimum absolute atomic E-state index is 0.0620. The average molecular weight is 273 g/mol. The lowest BCUT2D eigenvalue weighted by Crippen LogP contribution is -2.37. The van der Waals surface area contributed by atoms with E-state index in [1.165, 1.54) is 6.92 Å². The molecule has 0 rings (SSSR count). The Morgan fingerprint density at radius 2 is 1.79 bits per heavy atom. The van der Waals surface area contributed by atoms with Gasteiger partial charge in [-0.15, -0.1) is 0 Å². The van der Waals surface area contributed by atoms with Crippen molar-refractivity contribution in [2.24, 2.45) is 5.41 Å². The third kappa shape index (κ3) is 9.62. The highest BCUT2D eigenvalue weighted by molar-refractivity contribution is 5.84. The van der Waals surface area contributed by atoms with Crippen LogP contribution in [0.5, 0.6) is 0 Å². The lowest BCUT2D eigenvalue weighted by Gasteiger charge is -2.28. The number of nitrogens with one attached hydrogen (secondary N) is 1. The average Bonchev–Trinajstić information content (AvgIpc) is 2.25. The molecule has 0 saturated carbocycles. The second kappa shape index (κ2) is 7.60. The molecule has 5 heteroatoms. The normalized spacial score (nSPS) is 12.3. The van der Waals surface area contributed by atoms with E-state index in [1.807, 2.05) is 27.7 Å². The molecule has 0 atom stereocenters. The third-order valence-electron chi connectivity index (χ3n) is 2.82. The summed E-state index contributed by atoms with van der Waals surface area (Å²) < 4.78 is 5.69. The van der Waals surface area contributed by atoms with Gasteiger partial charge >= 0.3 is 0 Å². The lowest BCUT2D eigenvalue weighted by atomic mass is 9.91. The van der Waals surface area contributed by atoms with Gasteiger partial charge in [-0.3, -0.25) is 9.59 Å². The van der Waals surface area contributed by atoms with Crippen molar-refractivity contribution in [3.8, 4) is 0 Å². The molecule has 112 valence electrons. The van der Waals surface area contributed by atoms with Crippen LogP contribution in [0, 0.1) is 5.41 Å². The maximum atomic E-state index is 11.6. The number of hydrogen-bond acceptors (Lipinski definition) is 4. The molecule has 1 amide bonds. The van der Waals surface area contributed by atoms with Gasteiger partial charge in [-0.25, -0.2) is 0 Å². The number of ether oxygens (including phenoxy) is 1. The number of ketones is 1. The zero-order chi connectivity index (χ0) is 15.1. The molecular formula is C14H27NO4. The Balaban J connectivity index is 4.04. The van der Waals surface area contributed by atoms with E-state index in [1.54, 1.807) is 0 Å². The van der Waals surface area contributed by atoms with Crippen LogP contribution in [0.2, 0.25) is 0 Å². The van der Waals surface area contributed by atoms with Crippen LogP contribution in [0.1, 0.15) is 47.5 Å². The number of Topliss-reactive ketones (excluding diaryl/α,β-unsaturated/α-hetero) is 1. The Morgan fingerprint density at radius 3 is 2.26 bits per heavy atom. The quantitative estimate of drug-likeness (QED) is 0.663. The van der Waals surface area contributed by atoms with E-state index in [-0.39, 0.29) is 36.7 Å². The lowest BCUT2D eigenvalue weighted by molar-refractivity contribution is -0.130. The van der Waals surface area contributed by atoms with E-state index in [0.717, 1.165) is 6.42 Å². The minimum atomic E-state index is -0.577. The Hall–Kier alpha value is -0.940. The van der Waals surface area contributed by atoms with Crippen molar-refractivity contribution in [2.45, 2.75) is 53.1 Å². The summed E-state index contributed by atoms with van der Waals surface area (Å²) in [6, 6.07) is 0. The van der Waals surface area contributed by atoms with Crippen molar-refractivity contribution < 1.29 is 19.4 Å². The molecule has 0 aromatic rings. The molecule has 0 fully saturated rings. The second-order valence-electron chi connectivity index (χ2n) is 6.34. The van der Waals surface area contributed by atoms with Crippen LogP contribution in [0.15, 0.2) is 0 Å². The molecule has 0 unspecified atom stereocenters. The number of rotatable bonds is 9. The molecule has 0 aromatic carbocycles. The molecule has 0 aliphatic carbocycles. The van der Waals surface area contributed by atoms with Gasteiger partial charge < -0.3 is 15.2 Å². The zero-order valence-electron chi connectivity index (χ0n) is 12.7. The number of hydrogen-bond donors (Lipinski definition) is 2. The van der Waals surface area contributed by atoms with Crippen LogP contribution in [-0.4, -0.2) is 42.2 Å². The van der Waals surface area contributed by atoms with Gasteiger partial charge in [-0.05, 0) is 32.6 Å². The summed E-state index contributed by atoms with van der Waals surface area (Å²) in [5, 5.41) is 11.7. The summed E-state index contributed by atoms with van der Waals surface area (Å²) in [4.78, 5) is 22.4. The molecule has 5 nitrogen and oxygen atoms in total. The van der Waals surface area contributed by atoms with Crippen molar-refractivity contribution in [3.05, 3.63) is 0 Å². The number of amides is 1. The summed E-state index contributed by atoms with van der Waals surface area (Å²) in [6.07, 6.45) is 0.932. The van der Waals surface area contributed by atoms with Gasteiger partial charge in [0.05, 0.1) is 18.6 Å². The van der Waals surface area contributed by atoms with E-state index >= 15 is 0 Å². The predicted octanol–water partition coefficient (Wildman–Crippen LogP) is 1.29. The second-order valence-corrected chi connectivity index (χ2v) is 6.34. The number of aliphatic hydroxyl groups excluding tert-OH is 1. The van der Waals surface area contributed by atoms with Gasteiger partial charge in [-0.1, -0.05) is 13.8 Å². The third-order valence-corrected chi connectivity index (χ3v) is 2.82. The maximum absolute atomic E-state index is 11.6. The summed E-state index contributed by atoms with van der Waals surface area (Å²) in [6.45, 7) is 9.69. The van der Waals surface area contributed by atoms with Crippen molar-refractivity contribution in [3.63, 3.8) is 0 Å². The highest BCUT2D eigenvalue weighted by atomic mass is 16.5. The number of carbonyl (C=O) groups excluding carboxylic acids is 2. The molecule has 0 bridgehead atoms. The smallest absolute Gasteiger partial charge is 0.223 e. The SMILES string of the molecule is CC(=O)CNC(=O)CC(C)(C)OCCC(C)(C)CO. The fourth-order valence-electron chi connectivity index (χ4n) is 1.41. The highest BCUT2D eigenvalue weighted by Crippen LogP contribution is 2.22. The molecule has 0 aliphatic rings. The van der Waals surface area contributed by atoms with Gasteiger partial charge in [0.1, 0.15) is 5.78 Å². The van der Waals surface area contributed by atoms with Gasteiger partial charge in [0.25, 0.3) is 0 Å². The van der Waals surface area contributed by atoms with E-state index in [0.29, 0.717) is 6.61 Å². The number of carbonyl (C=O) groups is 2. The molecule has 0 heterocycles. The van der Waals surface area contributed by atoms with Crippen LogP contribution in [0.3, 0.4) is 0 Å². The Labute approximate surface area is 115 Å². The molecule has 19 heavy (non-hydrogen) atoms. The van der Waals surface area contributed by atoms with E-state index < -0.39 is 5.60 Å². The van der Waals surface area contributed by atoms with Crippen molar-refractivity contribution >= 4 is 11.7 Å². The van der Waals surface area contributed by atoms with E-state index in [4.69, 9.17) is 9.84 Å². The van der Waals surface area contributed by atoms with Crippen LogP contribution < -0.4 is 5.32 Å². The molecule has 0 radical (unpaired) electrons. The fraction of sp³-hybridized carbons (Fsp3) is 0.857. The fourth-order valence-corrected chi connectivity index (χ4v) is 1.41. The zero-order valence-corrected chi connectivity index (χ0v) is 12.7. The minimum Gasteiger partial charge on any atom is -0.396 e. The Morgan fingerprint density at radius 1 is 1.21 bits per heavy atom. The molecule has 0 aliphatic heterocycles. The Bertz CT molecular complexity index is 311. The maximum Gasteiger partial charge on any atom is 0.223 e. The van der Waals surface area contributed by atoms with Gasteiger partial charge in [0, 0.05) is 13.2 Å². The summed E-state index contributed by atoms with van der Waals surface area (Å²) in [5.41, 5.74) is -0.751. The molecule has 0 saturated heterocycles. The van der Waals surface area contributed by atoms with Crippen LogP contribution in [0.25, 0.3) is 0 Å². The van der Waals surface area contributed by atoms with E-state index in [9.17, 15) is 9.59 Å². The van der Waals surface area contributed by atoms with Crippen molar-refractivity contribution in [1.29, 1.82) is 0 Å². The van der Waals surface area contributed by atoms with Crippen molar-refractivity contribution in [1.82, 2.24) is 5.32 Å². The van der Waals surface area contributed by atoms with Gasteiger partial charge in [0.2, 0.25) is 5.91 Å². The van der Waals surface area contributed by atoms with Crippen LogP contribution >= 0.6 is 0 Å². The monoisotopic (exact) mass is 273 g/mol. The van der Waals surface area contributed by atoms with E-state index in [2.05, 4.69) is 5.32 Å². The summed E-state index contributed by atoms with van der Waals surface area (Å²) in [5.74, 6) is -0.265. The molecule has 2 N–H and O–H groups in total. The summed E-state index contributed by atoms with van der Waals surface area (Å²) in [7, 11) is 0. The first kappa shape index (κ1) is 18.1. The molecule has 0 spiro atoms. The van der Waals surface area contributed by atoms with Crippen LogP contribution in [0.4, 0.5) is 0 Å². The number of aliphatic hydroxyl groups is 1. The molecular weight excluding hydrogens is 246 g/mol. The largest absolute Gasteiger partial charge is 0.396 e. The first-order valence-electron chi connectivity index (χ1n) is 6.59. The topological polar surface area (TPSA) is 75.6 Å². The highest BCUT2D eigenvalue weighted by Gasteiger charge is 2.24. The molecule has 0 aromatic heterocycles. The first-order chi connectivity index (χ1) is 8.58. The standard InChI is InChI=1S/C14H27NO4/c1-11(17)9-15-12(18)8-14(4,5)19-7-6-13(2,3)10-16/h16H,6-10H2,1-5H3,(H,15,18). The first-order valence-corrected chi connectivity index (χ1v) is 6.59. The van der Waals surface area contributed by atoms with Gasteiger partial charge in [0.15, 0.2) is 0 Å². The Kier molecular flexibility index (Phi) is 7.23. The van der Waals surface area contributed by atoms with Crippen molar-refractivity contribution in [2.75, 3.05) is 19.8 Å². The van der Waals surface area contributed by atoms with Gasteiger partial charge in [-0.2, -0.15) is 0 Å². The van der Waals surface area contributed by atoms with Crippen LogP contribution in [-0.2, 0) is 14.3 Å². The summed E-state index contributed by atoms with van der Waals surface area (Å²) >= 11 is 0.